The number of amides is 1. The van der Waals surface area contributed by atoms with E-state index in [4.69, 9.17) is 4.74 Å². The molecular formula is C30H30N2O4S. The van der Waals surface area contributed by atoms with E-state index in [-0.39, 0.29) is 10.6 Å². The lowest BCUT2D eigenvalue weighted by atomic mass is 9.95. The third kappa shape index (κ3) is 5.84. The number of hydrogen-bond donors (Lipinski definition) is 1. The summed E-state index contributed by atoms with van der Waals surface area (Å²) in [7, 11) is -2.61. The third-order valence-electron chi connectivity index (χ3n) is 6.19. The molecule has 0 heterocycles. The predicted molar refractivity (Wildman–Crippen MR) is 146 cm³/mol. The smallest absolute Gasteiger partial charge is 0.264 e. The van der Waals surface area contributed by atoms with Crippen molar-refractivity contribution in [1.82, 2.24) is 5.32 Å². The lowest BCUT2D eigenvalue weighted by Crippen LogP contribution is -2.42. The summed E-state index contributed by atoms with van der Waals surface area (Å²) in [6, 6.07) is 30.3. The van der Waals surface area contributed by atoms with Crippen molar-refractivity contribution in [2.45, 2.75) is 24.8 Å². The highest BCUT2D eigenvalue weighted by atomic mass is 32.2. The Morgan fingerprint density at radius 2 is 1.46 bits per heavy atom. The molecule has 0 aliphatic rings. The van der Waals surface area contributed by atoms with E-state index in [0.717, 1.165) is 26.6 Å². The maximum atomic E-state index is 13.8. The maximum Gasteiger partial charge on any atom is 0.264 e. The second kappa shape index (κ2) is 11.3. The largest absolute Gasteiger partial charge is 0.495 e. The molecule has 4 aromatic rings. The first-order chi connectivity index (χ1) is 17.8. The number of carbonyl (C=O) groups excluding carboxylic acids is 1. The van der Waals surface area contributed by atoms with Crippen molar-refractivity contribution in [2.75, 3.05) is 18.0 Å². The average Bonchev–Trinajstić information content (AvgIpc) is 2.91. The van der Waals surface area contributed by atoms with E-state index in [0.29, 0.717) is 5.75 Å². The highest BCUT2D eigenvalue weighted by molar-refractivity contribution is 7.92. The number of sulfonamides is 1. The first kappa shape index (κ1) is 26.0. The summed E-state index contributed by atoms with van der Waals surface area (Å²) in [4.78, 5) is 13.7. The summed E-state index contributed by atoms with van der Waals surface area (Å²) < 4.78 is 34.2. The number of aryl methyl sites for hydroxylation is 2. The van der Waals surface area contributed by atoms with Gasteiger partial charge in [0.25, 0.3) is 10.0 Å². The van der Waals surface area contributed by atoms with Crippen molar-refractivity contribution in [3.63, 3.8) is 0 Å². The number of anilines is 1. The van der Waals surface area contributed by atoms with E-state index in [2.05, 4.69) is 5.32 Å². The van der Waals surface area contributed by atoms with Crippen LogP contribution in [0.4, 0.5) is 5.69 Å². The molecule has 0 aliphatic carbocycles. The highest BCUT2D eigenvalue weighted by Crippen LogP contribution is 2.32. The molecule has 0 saturated carbocycles. The van der Waals surface area contributed by atoms with Crippen LogP contribution in [0.1, 0.15) is 28.3 Å². The molecule has 4 rings (SSSR count). The van der Waals surface area contributed by atoms with Crippen LogP contribution in [0.3, 0.4) is 0 Å². The van der Waals surface area contributed by atoms with Gasteiger partial charge in [-0.15, -0.1) is 0 Å². The summed E-state index contributed by atoms with van der Waals surface area (Å²) in [6.45, 7) is 3.45. The second-order valence-electron chi connectivity index (χ2n) is 8.76. The van der Waals surface area contributed by atoms with Crippen LogP contribution in [0.15, 0.2) is 108 Å². The number of benzene rings is 4. The van der Waals surface area contributed by atoms with Crippen LogP contribution in [0.5, 0.6) is 5.75 Å². The van der Waals surface area contributed by atoms with E-state index in [9.17, 15) is 13.2 Å². The molecule has 0 fully saturated rings. The molecule has 0 spiro atoms. The molecule has 190 valence electrons. The number of hydrogen-bond acceptors (Lipinski definition) is 4. The van der Waals surface area contributed by atoms with Crippen molar-refractivity contribution in [2.24, 2.45) is 0 Å². The molecule has 0 aromatic heterocycles. The molecule has 0 saturated heterocycles. The maximum absolute atomic E-state index is 13.8. The Labute approximate surface area is 218 Å². The molecule has 37 heavy (non-hydrogen) atoms. The Balaban J connectivity index is 1.73. The van der Waals surface area contributed by atoms with Crippen molar-refractivity contribution in [3.05, 3.63) is 125 Å². The van der Waals surface area contributed by atoms with Gasteiger partial charge in [-0.25, -0.2) is 8.42 Å². The SMILES string of the molecule is COc1ccccc1N(CC(=O)N[C@@H](c1ccccc1)c1ccccc1C)S(=O)(=O)c1ccc(C)cc1. The van der Waals surface area contributed by atoms with Crippen LogP contribution in [0.2, 0.25) is 0 Å². The summed E-state index contributed by atoms with van der Waals surface area (Å²) >= 11 is 0. The summed E-state index contributed by atoms with van der Waals surface area (Å²) in [5.74, 6) is -0.0943. The number of methoxy groups -OCH3 is 1. The van der Waals surface area contributed by atoms with Gasteiger partial charge in [-0.1, -0.05) is 84.4 Å². The van der Waals surface area contributed by atoms with E-state index < -0.39 is 28.5 Å². The van der Waals surface area contributed by atoms with Crippen LogP contribution < -0.4 is 14.4 Å². The van der Waals surface area contributed by atoms with Crippen LogP contribution >= 0.6 is 0 Å². The van der Waals surface area contributed by atoms with E-state index in [1.165, 1.54) is 7.11 Å². The molecule has 1 N–H and O–H groups in total. The van der Waals surface area contributed by atoms with Gasteiger partial charge in [0, 0.05) is 0 Å². The van der Waals surface area contributed by atoms with Gasteiger partial charge in [0.15, 0.2) is 0 Å². The third-order valence-corrected chi connectivity index (χ3v) is 7.96. The molecule has 4 aromatic carbocycles. The van der Waals surface area contributed by atoms with Gasteiger partial charge < -0.3 is 10.1 Å². The first-order valence-corrected chi connectivity index (χ1v) is 13.4. The standard InChI is InChI=1S/C30H30N2O4S/c1-22-17-19-25(20-18-22)37(34,35)32(27-15-9-10-16-28(27)36-3)21-29(33)31-30(24-12-5-4-6-13-24)26-14-8-7-11-23(26)2/h4-20,30H,21H2,1-3H3,(H,31,33)/t30-/m0/s1. The molecule has 6 nitrogen and oxygen atoms in total. The number of para-hydroxylation sites is 2. The Bertz CT molecular complexity index is 1470. The Morgan fingerprint density at radius 1 is 0.838 bits per heavy atom. The van der Waals surface area contributed by atoms with E-state index in [1.807, 2.05) is 68.4 Å². The number of ether oxygens (including phenoxy) is 1. The minimum absolute atomic E-state index is 0.0929. The van der Waals surface area contributed by atoms with Gasteiger partial charge in [-0.05, 0) is 54.8 Å². The predicted octanol–water partition coefficient (Wildman–Crippen LogP) is 5.41. The van der Waals surface area contributed by atoms with Crippen molar-refractivity contribution >= 4 is 21.6 Å². The van der Waals surface area contributed by atoms with E-state index in [1.54, 1.807) is 48.5 Å². The average molecular weight is 515 g/mol. The molecule has 0 aliphatic heterocycles. The molecule has 1 atom stereocenters. The lowest BCUT2D eigenvalue weighted by Gasteiger charge is -2.27. The summed E-state index contributed by atoms with van der Waals surface area (Å²) in [5.41, 5.74) is 4.07. The van der Waals surface area contributed by atoms with Gasteiger partial charge in [0.2, 0.25) is 5.91 Å². The second-order valence-corrected chi connectivity index (χ2v) is 10.6. The van der Waals surface area contributed by atoms with Crippen LogP contribution in [0.25, 0.3) is 0 Å². The fourth-order valence-corrected chi connectivity index (χ4v) is 5.64. The highest BCUT2D eigenvalue weighted by Gasteiger charge is 2.30. The van der Waals surface area contributed by atoms with Gasteiger partial charge in [0.05, 0.1) is 23.7 Å². The number of nitrogens with one attached hydrogen (secondary N) is 1. The molecule has 1 amide bonds. The minimum Gasteiger partial charge on any atom is -0.495 e. The molecule has 0 unspecified atom stereocenters. The summed E-state index contributed by atoms with van der Waals surface area (Å²) in [6.07, 6.45) is 0. The van der Waals surface area contributed by atoms with Crippen molar-refractivity contribution in [1.29, 1.82) is 0 Å². The Kier molecular flexibility index (Phi) is 7.94. The molecule has 0 bridgehead atoms. The fourth-order valence-electron chi connectivity index (χ4n) is 4.21. The normalized spacial score (nSPS) is 12.0. The van der Waals surface area contributed by atoms with Crippen molar-refractivity contribution in [3.8, 4) is 5.75 Å². The fraction of sp³-hybridized carbons (Fsp3) is 0.167. The van der Waals surface area contributed by atoms with Crippen LogP contribution in [-0.2, 0) is 14.8 Å². The van der Waals surface area contributed by atoms with Crippen LogP contribution in [0, 0.1) is 13.8 Å². The number of nitrogens with zero attached hydrogens (tertiary/aromatic N) is 1. The molecule has 7 heteroatoms. The quantitative estimate of drug-likeness (QED) is 0.324. The Hall–Kier alpha value is -4.10. The van der Waals surface area contributed by atoms with Gasteiger partial charge in [-0.2, -0.15) is 0 Å². The van der Waals surface area contributed by atoms with Crippen LogP contribution in [-0.4, -0.2) is 28.0 Å². The first-order valence-electron chi connectivity index (χ1n) is 11.9. The number of carbonyl (C=O) groups is 1. The topological polar surface area (TPSA) is 75.7 Å². The van der Waals surface area contributed by atoms with Gasteiger partial charge >= 0.3 is 0 Å². The zero-order valence-electron chi connectivity index (χ0n) is 21.1. The minimum atomic E-state index is -4.08. The molecular weight excluding hydrogens is 484 g/mol. The Morgan fingerprint density at radius 3 is 2.14 bits per heavy atom. The zero-order valence-corrected chi connectivity index (χ0v) is 21.9. The number of rotatable bonds is 9. The lowest BCUT2D eigenvalue weighted by molar-refractivity contribution is -0.120. The van der Waals surface area contributed by atoms with Crippen molar-refractivity contribution < 1.29 is 17.9 Å². The monoisotopic (exact) mass is 514 g/mol. The van der Waals surface area contributed by atoms with E-state index >= 15 is 0 Å². The zero-order chi connectivity index (χ0) is 26.4. The van der Waals surface area contributed by atoms with Gasteiger partial charge in [0.1, 0.15) is 12.3 Å². The van der Waals surface area contributed by atoms with Gasteiger partial charge in [-0.3, -0.25) is 9.10 Å². The summed E-state index contributed by atoms with van der Waals surface area (Å²) in [5, 5.41) is 3.07. The molecule has 0 radical (unpaired) electrons.